The van der Waals surface area contributed by atoms with Crippen molar-refractivity contribution < 1.29 is 0 Å². The van der Waals surface area contributed by atoms with Gasteiger partial charge in [0, 0.05) is 42.6 Å². The van der Waals surface area contributed by atoms with Crippen LogP contribution in [-0.2, 0) is 5.41 Å². The monoisotopic (exact) mass is 799 g/mol. The summed E-state index contributed by atoms with van der Waals surface area (Å²) in [5.41, 5.74) is 13.9. The third kappa shape index (κ3) is 5.03. The Morgan fingerprint density at radius 3 is 1.77 bits per heavy atom. The zero-order valence-electron chi connectivity index (χ0n) is 33.6. The van der Waals surface area contributed by atoms with Gasteiger partial charge in [0.2, 0.25) is 0 Å². The molecule has 1 aliphatic carbocycles. The third-order valence-corrected chi connectivity index (χ3v) is 19.3. The van der Waals surface area contributed by atoms with Gasteiger partial charge in [-0.2, -0.15) is 0 Å². The van der Waals surface area contributed by atoms with E-state index in [4.69, 9.17) is 0 Å². The highest BCUT2D eigenvalue weighted by molar-refractivity contribution is 7.26. The second-order valence-electron chi connectivity index (χ2n) is 16.8. The first kappa shape index (κ1) is 35.2. The van der Waals surface area contributed by atoms with Crippen LogP contribution < -0.4 is 25.6 Å². The maximum atomic E-state index is 2.54. The van der Waals surface area contributed by atoms with Crippen molar-refractivity contribution in [3.05, 3.63) is 223 Å². The van der Waals surface area contributed by atoms with Crippen LogP contribution in [0.15, 0.2) is 212 Å². The molecule has 12 rings (SSSR count). The van der Waals surface area contributed by atoms with Crippen LogP contribution in [0.4, 0.5) is 17.1 Å². The Hall–Kier alpha value is -6.78. The van der Waals surface area contributed by atoms with Gasteiger partial charge in [0.1, 0.15) is 0 Å². The van der Waals surface area contributed by atoms with Crippen LogP contribution in [0, 0.1) is 0 Å². The van der Waals surface area contributed by atoms with E-state index in [1.54, 1.807) is 0 Å². The highest BCUT2D eigenvalue weighted by atomic mass is 32.1. The largest absolute Gasteiger partial charge is 0.310 e. The summed E-state index contributed by atoms with van der Waals surface area (Å²) in [5, 5.41) is 8.32. The number of nitrogens with zero attached hydrogens (tertiary/aromatic N) is 1. The van der Waals surface area contributed by atoms with Crippen LogP contribution in [0.3, 0.4) is 0 Å². The maximum absolute atomic E-state index is 2.74. The fourth-order valence-corrected chi connectivity index (χ4v) is 17.0. The first-order valence-electron chi connectivity index (χ1n) is 20.9. The predicted octanol–water partition coefficient (Wildman–Crippen LogP) is 12.9. The van der Waals surface area contributed by atoms with E-state index >= 15 is 0 Å². The Bertz CT molecular complexity index is 3260. The van der Waals surface area contributed by atoms with Crippen molar-refractivity contribution in [1.82, 2.24) is 0 Å². The van der Waals surface area contributed by atoms with Crippen molar-refractivity contribution in [2.24, 2.45) is 0 Å². The number of thiophene rings is 1. The Balaban J connectivity index is 1.15. The number of fused-ring (bicyclic) bond motifs is 9. The Kier molecular flexibility index (Phi) is 7.84. The standard InChI is InChI=1S/C57H41NSSi/c1-57(2)50-28-13-9-27-48(50)56-49(38-18-5-3-6-19-38)35-41(36-51(56)57)58(40-32-33-45-44-24-10-14-29-52(44)59-53(45)37-40)39-20-17-23-43(34-39)60(42-21-7-4-8-22-42)54-30-15-11-25-46(54)47-26-12-16-31-55(47)60/h3-37H,1-2H3. The summed E-state index contributed by atoms with van der Waals surface area (Å²) in [4.78, 5) is 2.54. The average Bonchev–Trinajstić information content (AvgIpc) is 3.91. The summed E-state index contributed by atoms with van der Waals surface area (Å²) in [7, 11) is -2.74. The van der Waals surface area contributed by atoms with Gasteiger partial charge in [0.25, 0.3) is 0 Å². The molecule has 1 nitrogen and oxygen atoms in total. The van der Waals surface area contributed by atoms with Gasteiger partial charge in [0.15, 0.2) is 8.07 Å². The summed E-state index contributed by atoms with van der Waals surface area (Å²) >= 11 is 1.88. The molecule has 60 heavy (non-hydrogen) atoms. The van der Waals surface area contributed by atoms with Crippen molar-refractivity contribution in [3.8, 4) is 33.4 Å². The topological polar surface area (TPSA) is 3.24 Å². The molecule has 2 aliphatic rings. The zero-order chi connectivity index (χ0) is 40.0. The first-order chi connectivity index (χ1) is 29.5. The van der Waals surface area contributed by atoms with Crippen molar-refractivity contribution in [3.63, 3.8) is 0 Å². The van der Waals surface area contributed by atoms with Crippen LogP contribution in [0.25, 0.3) is 53.6 Å². The molecule has 2 heterocycles. The van der Waals surface area contributed by atoms with Gasteiger partial charge in [-0.1, -0.05) is 184 Å². The van der Waals surface area contributed by atoms with Gasteiger partial charge in [-0.05, 0) is 108 Å². The van der Waals surface area contributed by atoms with E-state index in [0.717, 1.165) is 17.1 Å². The van der Waals surface area contributed by atoms with Gasteiger partial charge >= 0.3 is 0 Å². The fraction of sp³-hybridized carbons (Fsp3) is 0.0526. The lowest BCUT2D eigenvalue weighted by Crippen LogP contribution is -2.72. The number of anilines is 3. The molecule has 0 spiro atoms. The SMILES string of the molecule is CC1(C)c2ccccc2-c2c(-c3ccccc3)cc(N(c3cccc([Si]4(c5ccccc5)c5ccccc5-c5ccccc54)c3)c3ccc4c(c3)sc3ccccc34)cc21. The van der Waals surface area contributed by atoms with E-state index < -0.39 is 8.07 Å². The lowest BCUT2D eigenvalue weighted by molar-refractivity contribution is 0.660. The minimum Gasteiger partial charge on any atom is -0.310 e. The molecule has 284 valence electrons. The normalized spacial score (nSPS) is 14.1. The third-order valence-electron chi connectivity index (χ3n) is 13.3. The Morgan fingerprint density at radius 1 is 0.400 bits per heavy atom. The molecule has 3 heteroatoms. The van der Waals surface area contributed by atoms with E-state index in [0.29, 0.717) is 0 Å². The maximum Gasteiger partial charge on any atom is 0.180 e. The second-order valence-corrected chi connectivity index (χ2v) is 21.6. The number of rotatable bonds is 6. The molecule has 0 bridgehead atoms. The van der Waals surface area contributed by atoms with Crippen LogP contribution >= 0.6 is 11.3 Å². The molecule has 0 N–H and O–H groups in total. The molecule has 0 amide bonds. The minimum absolute atomic E-state index is 0.185. The molecule has 0 unspecified atom stereocenters. The lowest BCUT2D eigenvalue weighted by Gasteiger charge is -2.33. The average molecular weight is 800 g/mol. The molecule has 0 atom stereocenters. The fourth-order valence-electron chi connectivity index (χ4n) is 10.7. The Labute approximate surface area is 356 Å². The van der Waals surface area contributed by atoms with Crippen molar-refractivity contribution in [1.29, 1.82) is 0 Å². The van der Waals surface area contributed by atoms with E-state index in [1.165, 1.54) is 85.4 Å². The van der Waals surface area contributed by atoms with E-state index in [-0.39, 0.29) is 5.41 Å². The first-order valence-corrected chi connectivity index (χ1v) is 23.7. The smallest absolute Gasteiger partial charge is 0.180 e. The lowest BCUT2D eigenvalue weighted by atomic mass is 9.81. The summed E-state index contributed by atoms with van der Waals surface area (Å²) in [6, 6.07) is 80.1. The molecule has 0 saturated carbocycles. The molecule has 1 aromatic heterocycles. The Morgan fingerprint density at radius 2 is 1.00 bits per heavy atom. The zero-order valence-corrected chi connectivity index (χ0v) is 35.4. The van der Waals surface area contributed by atoms with Crippen LogP contribution in [0.2, 0.25) is 0 Å². The summed E-state index contributed by atoms with van der Waals surface area (Å²) in [6.07, 6.45) is 0. The van der Waals surface area contributed by atoms with Gasteiger partial charge in [-0.25, -0.2) is 0 Å². The van der Waals surface area contributed by atoms with Crippen LogP contribution in [-0.4, -0.2) is 8.07 Å². The van der Waals surface area contributed by atoms with Gasteiger partial charge < -0.3 is 4.90 Å². The number of hydrogen-bond donors (Lipinski definition) is 0. The van der Waals surface area contributed by atoms with Crippen molar-refractivity contribution >= 4 is 77.4 Å². The molecule has 0 saturated heterocycles. The molecule has 1 aliphatic heterocycles. The van der Waals surface area contributed by atoms with Gasteiger partial charge in [-0.3, -0.25) is 0 Å². The van der Waals surface area contributed by atoms with E-state index in [1.807, 2.05) is 11.3 Å². The molecular weight excluding hydrogens is 759 g/mol. The predicted molar refractivity (Wildman–Crippen MR) is 260 cm³/mol. The number of hydrogen-bond acceptors (Lipinski definition) is 2. The van der Waals surface area contributed by atoms with Crippen LogP contribution in [0.1, 0.15) is 25.0 Å². The molecular formula is C57H41NSSi. The van der Waals surface area contributed by atoms with Gasteiger partial charge in [-0.15, -0.1) is 11.3 Å². The highest BCUT2D eigenvalue weighted by Crippen LogP contribution is 2.54. The molecule has 9 aromatic carbocycles. The summed E-state index contributed by atoms with van der Waals surface area (Å²) < 4.78 is 2.61. The molecule has 0 fully saturated rings. The minimum atomic E-state index is -2.74. The molecule has 10 aromatic rings. The second kappa shape index (κ2) is 13.4. The van der Waals surface area contributed by atoms with Gasteiger partial charge in [0.05, 0.1) is 0 Å². The molecule has 0 radical (unpaired) electrons. The van der Waals surface area contributed by atoms with E-state index in [9.17, 15) is 0 Å². The van der Waals surface area contributed by atoms with E-state index in [2.05, 4.69) is 231 Å². The highest BCUT2D eigenvalue weighted by Gasteiger charge is 2.48. The summed E-state index contributed by atoms with van der Waals surface area (Å²) in [6.45, 7) is 4.79. The quantitative estimate of drug-likeness (QED) is 0.151. The van der Waals surface area contributed by atoms with Crippen molar-refractivity contribution in [2.45, 2.75) is 19.3 Å². The number of benzene rings is 9. The summed E-state index contributed by atoms with van der Waals surface area (Å²) in [5.74, 6) is 0. The van der Waals surface area contributed by atoms with Crippen LogP contribution in [0.5, 0.6) is 0 Å². The van der Waals surface area contributed by atoms with Crippen molar-refractivity contribution in [2.75, 3.05) is 4.90 Å².